The molecule has 0 aromatic carbocycles. The third-order valence-corrected chi connectivity index (χ3v) is 4.80. The lowest BCUT2D eigenvalue weighted by atomic mass is 9.86. The van der Waals surface area contributed by atoms with Crippen molar-refractivity contribution in [1.29, 1.82) is 5.26 Å². The summed E-state index contributed by atoms with van der Waals surface area (Å²) in [6, 6.07) is 2.01. The molecule has 0 saturated heterocycles. The van der Waals surface area contributed by atoms with Gasteiger partial charge in [0.15, 0.2) is 0 Å². The highest BCUT2D eigenvalue weighted by Crippen LogP contribution is 2.40. The summed E-state index contributed by atoms with van der Waals surface area (Å²) in [4.78, 5) is 4.67. The van der Waals surface area contributed by atoms with E-state index in [0.717, 1.165) is 17.5 Å². The van der Waals surface area contributed by atoms with Crippen LogP contribution >= 0.6 is 11.8 Å². The molecule has 22 heavy (non-hydrogen) atoms. The molecule has 1 rings (SSSR count). The lowest BCUT2D eigenvalue weighted by Gasteiger charge is -2.26. The Morgan fingerprint density at radius 3 is 2.36 bits per heavy atom. The molecule has 0 aliphatic heterocycles. The van der Waals surface area contributed by atoms with E-state index >= 15 is 0 Å². The fraction of sp³-hybridized carbons (Fsp3) is 0.846. The topological polar surface area (TPSA) is 45.4 Å². The Morgan fingerprint density at radius 2 is 1.91 bits per heavy atom. The lowest BCUT2D eigenvalue weighted by molar-refractivity contribution is -0.282. The predicted octanol–water partition coefficient (Wildman–Crippen LogP) is 4.39. The summed E-state index contributed by atoms with van der Waals surface area (Å²) in [6.45, 7) is 0. The average molecular weight is 344 g/mol. The molecule has 0 heterocycles. The maximum absolute atomic E-state index is 12.8. The number of thioether (sulfide) groups is 1. The van der Waals surface area contributed by atoms with E-state index in [2.05, 4.69) is 9.99 Å². The fourth-order valence-electron chi connectivity index (χ4n) is 2.23. The molecule has 1 fully saturated rings. The first kappa shape index (κ1) is 19.0. The Hall–Kier alpha value is -1.04. The van der Waals surface area contributed by atoms with E-state index in [1.807, 2.05) is 6.07 Å². The fourth-order valence-corrected chi connectivity index (χ4v) is 3.48. The van der Waals surface area contributed by atoms with Crippen molar-refractivity contribution in [3.63, 3.8) is 0 Å². The summed E-state index contributed by atoms with van der Waals surface area (Å²) in [5.41, 5.74) is 0.879. The zero-order valence-electron chi connectivity index (χ0n) is 12.0. The van der Waals surface area contributed by atoms with E-state index in [1.165, 1.54) is 7.11 Å². The zero-order chi connectivity index (χ0) is 16.8. The standard InChI is InChI=1S/C13H17F5N2OS/c1-21-20-10-4-2-9(3-5-10)11(8-19)22-7-6-12(14,15)13(16,17)18/h9,11H,2-7H2,1H3. The Bertz CT molecular complexity index is 423. The van der Waals surface area contributed by atoms with Crippen LogP contribution in [-0.2, 0) is 4.84 Å². The van der Waals surface area contributed by atoms with Crippen LogP contribution in [0.25, 0.3) is 0 Å². The summed E-state index contributed by atoms with van der Waals surface area (Å²) < 4.78 is 61.8. The van der Waals surface area contributed by atoms with Crippen molar-refractivity contribution in [2.24, 2.45) is 11.1 Å². The molecule has 0 spiro atoms. The SMILES string of the molecule is CON=C1CCC(C(C#N)SCCC(F)(F)C(F)(F)F)CC1. The van der Waals surface area contributed by atoms with Gasteiger partial charge in [0.1, 0.15) is 7.11 Å². The zero-order valence-corrected chi connectivity index (χ0v) is 12.8. The Kier molecular flexibility index (Phi) is 6.91. The number of nitriles is 1. The summed E-state index contributed by atoms with van der Waals surface area (Å²) in [5, 5.41) is 12.4. The van der Waals surface area contributed by atoms with Gasteiger partial charge in [0.25, 0.3) is 0 Å². The molecule has 3 nitrogen and oxygen atoms in total. The van der Waals surface area contributed by atoms with E-state index in [4.69, 9.17) is 5.26 Å². The van der Waals surface area contributed by atoms with E-state index < -0.39 is 29.5 Å². The van der Waals surface area contributed by atoms with Crippen LogP contribution in [0.5, 0.6) is 0 Å². The number of hydrogen-bond donors (Lipinski definition) is 0. The van der Waals surface area contributed by atoms with Gasteiger partial charge in [0.2, 0.25) is 0 Å². The molecule has 9 heteroatoms. The van der Waals surface area contributed by atoms with Crippen LogP contribution in [0.1, 0.15) is 32.1 Å². The van der Waals surface area contributed by atoms with Crippen molar-refractivity contribution in [2.45, 2.75) is 49.5 Å². The van der Waals surface area contributed by atoms with Crippen LogP contribution in [0.15, 0.2) is 5.16 Å². The number of rotatable bonds is 6. The molecule has 1 aliphatic carbocycles. The van der Waals surface area contributed by atoms with Crippen molar-refractivity contribution in [3.8, 4) is 6.07 Å². The molecule has 0 N–H and O–H groups in total. The highest BCUT2D eigenvalue weighted by Gasteiger charge is 2.56. The highest BCUT2D eigenvalue weighted by molar-refractivity contribution is 8.00. The number of alkyl halides is 5. The summed E-state index contributed by atoms with van der Waals surface area (Å²) in [6.07, 6.45) is -4.23. The van der Waals surface area contributed by atoms with Crippen LogP contribution < -0.4 is 0 Å². The lowest BCUT2D eigenvalue weighted by Crippen LogP contribution is -2.37. The number of hydrogen-bond acceptors (Lipinski definition) is 4. The van der Waals surface area contributed by atoms with Crippen molar-refractivity contribution in [2.75, 3.05) is 12.9 Å². The number of nitrogens with zero attached hydrogens (tertiary/aromatic N) is 2. The Morgan fingerprint density at radius 1 is 1.32 bits per heavy atom. The highest BCUT2D eigenvalue weighted by atomic mass is 32.2. The van der Waals surface area contributed by atoms with Gasteiger partial charge in [-0.1, -0.05) is 5.16 Å². The minimum absolute atomic E-state index is 0.0229. The Balaban J connectivity index is 2.44. The van der Waals surface area contributed by atoms with Gasteiger partial charge in [-0.05, 0) is 31.6 Å². The molecule has 0 amide bonds. The van der Waals surface area contributed by atoms with E-state index in [9.17, 15) is 22.0 Å². The normalized spacial score (nSPS) is 21.1. The maximum Gasteiger partial charge on any atom is 0.453 e. The van der Waals surface area contributed by atoms with Crippen molar-refractivity contribution >= 4 is 17.5 Å². The number of oxime groups is 1. The third-order valence-electron chi connectivity index (χ3n) is 3.51. The first-order chi connectivity index (χ1) is 10.2. The van der Waals surface area contributed by atoms with Crippen molar-refractivity contribution < 1.29 is 26.8 Å². The minimum Gasteiger partial charge on any atom is -0.399 e. The maximum atomic E-state index is 12.8. The molecular formula is C13H17F5N2OS. The van der Waals surface area contributed by atoms with Gasteiger partial charge in [-0.2, -0.15) is 27.2 Å². The number of halogens is 5. The first-order valence-electron chi connectivity index (χ1n) is 6.76. The predicted molar refractivity (Wildman–Crippen MR) is 73.9 cm³/mol. The van der Waals surface area contributed by atoms with Crippen LogP contribution in [0, 0.1) is 17.2 Å². The van der Waals surface area contributed by atoms with Gasteiger partial charge in [0, 0.05) is 12.2 Å². The van der Waals surface area contributed by atoms with Gasteiger partial charge < -0.3 is 4.84 Å². The average Bonchev–Trinajstić information content (AvgIpc) is 2.44. The molecule has 0 aromatic heterocycles. The van der Waals surface area contributed by atoms with Crippen LogP contribution in [0.2, 0.25) is 0 Å². The van der Waals surface area contributed by atoms with Gasteiger partial charge in [-0.15, -0.1) is 11.8 Å². The van der Waals surface area contributed by atoms with Gasteiger partial charge in [-0.3, -0.25) is 0 Å². The molecular weight excluding hydrogens is 327 g/mol. The quantitative estimate of drug-likeness (QED) is 0.530. The minimum atomic E-state index is -5.54. The van der Waals surface area contributed by atoms with Crippen molar-refractivity contribution in [3.05, 3.63) is 0 Å². The van der Waals surface area contributed by atoms with E-state index in [0.29, 0.717) is 25.7 Å². The first-order valence-corrected chi connectivity index (χ1v) is 7.81. The third kappa shape index (κ3) is 5.30. The van der Waals surface area contributed by atoms with Crippen LogP contribution in [-0.4, -0.2) is 35.9 Å². The van der Waals surface area contributed by atoms with Gasteiger partial charge in [-0.25, -0.2) is 0 Å². The molecule has 0 bridgehead atoms. The summed E-state index contributed by atoms with van der Waals surface area (Å²) >= 11 is 0.873. The molecule has 1 saturated carbocycles. The molecule has 0 radical (unpaired) electrons. The largest absolute Gasteiger partial charge is 0.453 e. The summed E-state index contributed by atoms with van der Waals surface area (Å²) in [7, 11) is 1.44. The second-order valence-corrected chi connectivity index (χ2v) is 6.30. The molecule has 1 unspecified atom stereocenters. The molecule has 1 aliphatic rings. The summed E-state index contributed by atoms with van der Waals surface area (Å²) in [5.74, 6) is -5.13. The van der Waals surface area contributed by atoms with Crippen LogP contribution in [0.3, 0.4) is 0 Å². The van der Waals surface area contributed by atoms with E-state index in [1.54, 1.807) is 0 Å². The van der Waals surface area contributed by atoms with Gasteiger partial charge >= 0.3 is 12.1 Å². The van der Waals surface area contributed by atoms with E-state index in [-0.39, 0.29) is 5.92 Å². The molecule has 0 aromatic rings. The monoisotopic (exact) mass is 344 g/mol. The Labute approximate surface area is 129 Å². The second kappa shape index (κ2) is 7.99. The smallest absolute Gasteiger partial charge is 0.399 e. The van der Waals surface area contributed by atoms with Gasteiger partial charge in [0.05, 0.1) is 17.0 Å². The van der Waals surface area contributed by atoms with Crippen molar-refractivity contribution in [1.82, 2.24) is 0 Å². The molecule has 126 valence electrons. The molecule has 1 atom stereocenters. The second-order valence-electron chi connectivity index (χ2n) is 5.05. The van der Waals surface area contributed by atoms with Crippen LogP contribution in [0.4, 0.5) is 22.0 Å².